The molecule has 1 fully saturated rings. The van der Waals surface area contributed by atoms with Gasteiger partial charge in [0.1, 0.15) is 0 Å². The number of rotatable bonds is 4. The van der Waals surface area contributed by atoms with Crippen LogP contribution in [0.25, 0.3) is 0 Å². The first-order chi connectivity index (χ1) is 9.27. The van der Waals surface area contributed by atoms with E-state index in [4.69, 9.17) is 10.9 Å². The molecule has 7 heteroatoms. The van der Waals surface area contributed by atoms with Gasteiger partial charge in [0, 0.05) is 30.5 Å². The molecule has 0 aromatic heterocycles. The largest absolute Gasteiger partial charge is 0.399 e. The third-order valence-electron chi connectivity index (χ3n) is 3.53. The number of primary sulfonamides is 1. The summed E-state index contributed by atoms with van der Waals surface area (Å²) in [4.78, 5) is 4.42. The fourth-order valence-electron chi connectivity index (χ4n) is 2.72. The van der Waals surface area contributed by atoms with Crippen LogP contribution in [0.5, 0.6) is 0 Å². The van der Waals surface area contributed by atoms with Crippen LogP contribution in [0.2, 0.25) is 0 Å². The van der Waals surface area contributed by atoms with Crippen molar-refractivity contribution >= 4 is 21.4 Å². The topological polar surface area (TPSA) is 92.7 Å². The number of nitrogen functional groups attached to an aromatic ring is 1. The maximum absolute atomic E-state index is 11.5. The van der Waals surface area contributed by atoms with E-state index < -0.39 is 10.0 Å². The third-order valence-corrected chi connectivity index (χ3v) is 4.42. The van der Waals surface area contributed by atoms with Crippen LogP contribution >= 0.6 is 0 Å². The predicted octanol–water partition coefficient (Wildman–Crippen LogP) is 0.447. The fraction of sp³-hybridized carbons (Fsp3) is 0.538. The van der Waals surface area contributed by atoms with Gasteiger partial charge in [-0.05, 0) is 45.1 Å². The summed E-state index contributed by atoms with van der Waals surface area (Å²) in [5.41, 5.74) is 7.06. The molecule has 4 N–H and O–H groups in total. The van der Waals surface area contributed by atoms with E-state index in [2.05, 4.69) is 9.80 Å². The first-order valence-electron chi connectivity index (χ1n) is 6.62. The van der Waals surface area contributed by atoms with E-state index in [1.54, 1.807) is 6.07 Å². The van der Waals surface area contributed by atoms with Gasteiger partial charge in [0.15, 0.2) is 0 Å². The van der Waals surface area contributed by atoms with Crippen LogP contribution in [0.15, 0.2) is 23.1 Å². The van der Waals surface area contributed by atoms with Gasteiger partial charge in [-0.25, -0.2) is 13.6 Å². The number of benzene rings is 1. The fourth-order valence-corrected chi connectivity index (χ4v) is 3.31. The van der Waals surface area contributed by atoms with Crippen LogP contribution in [0, 0.1) is 0 Å². The van der Waals surface area contributed by atoms with Crippen molar-refractivity contribution in [3.63, 3.8) is 0 Å². The summed E-state index contributed by atoms with van der Waals surface area (Å²) in [6, 6.07) is 5.19. The zero-order valence-corrected chi connectivity index (χ0v) is 12.7. The summed E-state index contributed by atoms with van der Waals surface area (Å²) in [5, 5.41) is 5.20. The predicted molar refractivity (Wildman–Crippen MR) is 81.1 cm³/mol. The first-order valence-corrected chi connectivity index (χ1v) is 8.17. The monoisotopic (exact) mass is 298 g/mol. The summed E-state index contributed by atoms with van der Waals surface area (Å²) in [6.07, 6.45) is 2.19. The zero-order valence-electron chi connectivity index (χ0n) is 11.9. The van der Waals surface area contributed by atoms with Crippen LogP contribution in [0.3, 0.4) is 0 Å². The molecule has 1 unspecified atom stereocenters. The molecular weight excluding hydrogens is 276 g/mol. The lowest BCUT2D eigenvalue weighted by Gasteiger charge is -2.29. The normalized spacial score (nSPS) is 19.8. The first kappa shape index (κ1) is 15.1. The number of anilines is 2. The van der Waals surface area contributed by atoms with E-state index in [-0.39, 0.29) is 4.90 Å². The summed E-state index contributed by atoms with van der Waals surface area (Å²) in [7, 11) is 0.332. The van der Waals surface area contributed by atoms with Gasteiger partial charge in [-0.3, -0.25) is 0 Å². The lowest BCUT2D eigenvalue weighted by molar-refractivity contribution is 0.372. The van der Waals surface area contributed by atoms with E-state index in [1.807, 2.05) is 20.2 Å². The Kier molecular flexibility index (Phi) is 4.22. The lowest BCUT2D eigenvalue weighted by atomic mass is 10.2. The second-order valence-corrected chi connectivity index (χ2v) is 7.12. The number of sulfonamides is 1. The standard InChI is InChI=1S/C13H22N4O2S/c1-16(2)9-11-4-3-5-17(11)12-6-10(14)7-13(8-12)20(15,18)19/h6-8,11H,3-5,9,14H2,1-2H3,(H2,15,18,19). The van der Waals surface area contributed by atoms with E-state index in [1.165, 1.54) is 6.07 Å². The minimum absolute atomic E-state index is 0.0722. The molecule has 6 nitrogen and oxygen atoms in total. The lowest BCUT2D eigenvalue weighted by Crippen LogP contribution is -2.37. The number of nitrogens with two attached hydrogens (primary N) is 2. The van der Waals surface area contributed by atoms with E-state index in [0.717, 1.165) is 31.6 Å². The molecule has 1 atom stereocenters. The molecule has 1 aliphatic rings. The highest BCUT2D eigenvalue weighted by molar-refractivity contribution is 7.89. The molecule has 1 aliphatic heterocycles. The Morgan fingerprint density at radius 1 is 1.35 bits per heavy atom. The molecule has 1 aromatic carbocycles. The summed E-state index contributed by atoms with van der Waals surface area (Å²) in [5.74, 6) is 0. The summed E-state index contributed by atoms with van der Waals surface area (Å²) >= 11 is 0. The van der Waals surface area contributed by atoms with Crippen LogP contribution in [-0.4, -0.2) is 46.5 Å². The van der Waals surface area contributed by atoms with Crippen LogP contribution in [0.1, 0.15) is 12.8 Å². The minimum atomic E-state index is -3.73. The highest BCUT2D eigenvalue weighted by atomic mass is 32.2. The molecule has 1 aromatic rings. The molecule has 0 aliphatic carbocycles. The number of nitrogens with zero attached hydrogens (tertiary/aromatic N) is 2. The highest BCUT2D eigenvalue weighted by Gasteiger charge is 2.26. The molecule has 0 saturated carbocycles. The Hall–Kier alpha value is -1.31. The summed E-state index contributed by atoms with van der Waals surface area (Å²) in [6.45, 7) is 1.84. The molecule has 1 heterocycles. The van der Waals surface area contributed by atoms with Gasteiger partial charge in [0.2, 0.25) is 10.0 Å². The quantitative estimate of drug-likeness (QED) is 0.787. The van der Waals surface area contributed by atoms with Gasteiger partial charge in [0.05, 0.1) is 4.90 Å². The van der Waals surface area contributed by atoms with E-state index >= 15 is 0 Å². The molecule has 112 valence electrons. The summed E-state index contributed by atoms with van der Waals surface area (Å²) < 4.78 is 23.0. The second-order valence-electron chi connectivity index (χ2n) is 5.56. The zero-order chi connectivity index (χ0) is 14.9. The van der Waals surface area contributed by atoms with Crippen LogP contribution in [0.4, 0.5) is 11.4 Å². The van der Waals surface area contributed by atoms with Crippen molar-refractivity contribution in [2.24, 2.45) is 5.14 Å². The average molecular weight is 298 g/mol. The molecule has 2 rings (SSSR count). The van der Waals surface area contributed by atoms with Crippen LogP contribution in [-0.2, 0) is 10.0 Å². The molecule has 20 heavy (non-hydrogen) atoms. The minimum Gasteiger partial charge on any atom is -0.399 e. The molecular formula is C13H22N4O2S. The Morgan fingerprint density at radius 3 is 2.65 bits per heavy atom. The van der Waals surface area contributed by atoms with Crippen molar-refractivity contribution in [1.82, 2.24) is 4.90 Å². The molecule has 1 saturated heterocycles. The van der Waals surface area contributed by atoms with Crippen molar-refractivity contribution in [2.45, 2.75) is 23.8 Å². The van der Waals surface area contributed by atoms with Crippen LogP contribution < -0.4 is 15.8 Å². The average Bonchev–Trinajstić information content (AvgIpc) is 2.74. The van der Waals surface area contributed by atoms with Gasteiger partial charge in [-0.1, -0.05) is 0 Å². The molecule has 0 radical (unpaired) electrons. The maximum atomic E-state index is 11.5. The number of hydrogen-bond acceptors (Lipinski definition) is 5. The van der Waals surface area contributed by atoms with Gasteiger partial charge >= 0.3 is 0 Å². The Labute approximate surface area is 120 Å². The van der Waals surface area contributed by atoms with E-state index in [0.29, 0.717) is 11.7 Å². The smallest absolute Gasteiger partial charge is 0.238 e. The van der Waals surface area contributed by atoms with Crippen molar-refractivity contribution in [3.05, 3.63) is 18.2 Å². The van der Waals surface area contributed by atoms with Crippen molar-refractivity contribution in [1.29, 1.82) is 0 Å². The van der Waals surface area contributed by atoms with Gasteiger partial charge in [-0.15, -0.1) is 0 Å². The Bertz CT molecular complexity index is 586. The van der Waals surface area contributed by atoms with Gasteiger partial charge in [-0.2, -0.15) is 0 Å². The number of likely N-dealkylation sites (N-methyl/N-ethyl adjacent to an activating group) is 1. The highest BCUT2D eigenvalue weighted by Crippen LogP contribution is 2.29. The maximum Gasteiger partial charge on any atom is 0.238 e. The molecule has 0 bridgehead atoms. The Balaban J connectivity index is 2.34. The SMILES string of the molecule is CN(C)CC1CCCN1c1cc(N)cc(S(N)(=O)=O)c1. The third kappa shape index (κ3) is 3.41. The van der Waals surface area contributed by atoms with Crippen molar-refractivity contribution < 1.29 is 8.42 Å². The van der Waals surface area contributed by atoms with Crippen molar-refractivity contribution in [3.8, 4) is 0 Å². The number of hydrogen-bond donors (Lipinski definition) is 2. The van der Waals surface area contributed by atoms with Gasteiger partial charge in [0.25, 0.3) is 0 Å². The van der Waals surface area contributed by atoms with E-state index in [9.17, 15) is 8.42 Å². The Morgan fingerprint density at radius 2 is 2.05 bits per heavy atom. The second kappa shape index (κ2) is 5.59. The van der Waals surface area contributed by atoms with Crippen molar-refractivity contribution in [2.75, 3.05) is 37.8 Å². The van der Waals surface area contributed by atoms with Gasteiger partial charge < -0.3 is 15.5 Å². The molecule has 0 spiro atoms. The molecule has 0 amide bonds.